The van der Waals surface area contributed by atoms with Crippen LogP contribution in [0.5, 0.6) is 0 Å². The summed E-state index contributed by atoms with van der Waals surface area (Å²) in [5, 5.41) is 2.36. The number of benzene rings is 3. The van der Waals surface area contributed by atoms with E-state index < -0.39 is 11.6 Å². The second kappa shape index (κ2) is 7.80. The zero-order chi connectivity index (χ0) is 18.8. The fourth-order valence-electron chi connectivity index (χ4n) is 4.57. The van der Waals surface area contributed by atoms with E-state index >= 15 is 0 Å². The van der Waals surface area contributed by atoms with Crippen LogP contribution >= 0.6 is 0 Å². The molecule has 140 valence electrons. The Bertz CT molecular complexity index is 936. The Morgan fingerprint density at radius 1 is 0.741 bits per heavy atom. The maximum atomic E-state index is 13.5. The number of halogens is 2. The third-order valence-corrected chi connectivity index (χ3v) is 6.13. The van der Waals surface area contributed by atoms with Crippen molar-refractivity contribution in [2.45, 2.75) is 51.4 Å². The normalized spacial score (nSPS) is 20.1. The van der Waals surface area contributed by atoms with Crippen LogP contribution in [0.25, 0.3) is 21.9 Å². The van der Waals surface area contributed by atoms with Gasteiger partial charge in [0.05, 0.1) is 0 Å². The van der Waals surface area contributed by atoms with Crippen molar-refractivity contribution in [3.8, 4) is 11.1 Å². The van der Waals surface area contributed by atoms with Gasteiger partial charge in [-0.3, -0.25) is 0 Å². The van der Waals surface area contributed by atoms with Crippen LogP contribution in [0.3, 0.4) is 0 Å². The molecule has 0 heterocycles. The van der Waals surface area contributed by atoms with Crippen molar-refractivity contribution in [3.63, 3.8) is 0 Å². The highest BCUT2D eigenvalue weighted by atomic mass is 19.2. The number of fused-ring (bicyclic) bond motifs is 1. The first-order valence-electron chi connectivity index (χ1n) is 10.1. The molecule has 1 fully saturated rings. The predicted octanol–water partition coefficient (Wildman–Crippen LogP) is 7.86. The van der Waals surface area contributed by atoms with Crippen LogP contribution in [0.15, 0.2) is 54.6 Å². The fraction of sp³-hybridized carbons (Fsp3) is 0.360. The van der Waals surface area contributed by atoms with Crippen molar-refractivity contribution in [2.24, 2.45) is 5.92 Å². The Labute approximate surface area is 160 Å². The molecule has 0 atom stereocenters. The summed E-state index contributed by atoms with van der Waals surface area (Å²) in [6.45, 7) is 2.28. The Kier molecular flexibility index (Phi) is 5.24. The summed E-state index contributed by atoms with van der Waals surface area (Å²) in [4.78, 5) is 0. The van der Waals surface area contributed by atoms with Gasteiger partial charge in [-0.1, -0.05) is 56.2 Å². The summed E-state index contributed by atoms with van der Waals surface area (Å²) in [5.74, 6) is -0.0156. The van der Waals surface area contributed by atoms with Crippen molar-refractivity contribution in [2.75, 3.05) is 0 Å². The lowest BCUT2D eigenvalue weighted by Crippen LogP contribution is -2.13. The molecule has 0 saturated heterocycles. The van der Waals surface area contributed by atoms with Gasteiger partial charge >= 0.3 is 0 Å². The molecular formula is C25H26F2. The van der Waals surface area contributed by atoms with E-state index in [0.29, 0.717) is 11.5 Å². The molecule has 0 N–H and O–H groups in total. The van der Waals surface area contributed by atoms with Gasteiger partial charge in [0.1, 0.15) is 0 Å². The van der Waals surface area contributed by atoms with Gasteiger partial charge < -0.3 is 0 Å². The number of hydrogen-bond donors (Lipinski definition) is 0. The molecule has 1 saturated carbocycles. The molecular weight excluding hydrogens is 338 g/mol. The molecule has 27 heavy (non-hydrogen) atoms. The van der Waals surface area contributed by atoms with E-state index in [1.54, 1.807) is 6.07 Å². The summed E-state index contributed by atoms with van der Waals surface area (Å²) in [7, 11) is 0. The monoisotopic (exact) mass is 364 g/mol. The highest BCUT2D eigenvalue weighted by molar-refractivity contribution is 5.88. The lowest BCUT2D eigenvalue weighted by atomic mass is 9.77. The molecule has 0 aliphatic heterocycles. The van der Waals surface area contributed by atoms with Crippen molar-refractivity contribution in [1.82, 2.24) is 0 Å². The predicted molar refractivity (Wildman–Crippen MR) is 109 cm³/mol. The van der Waals surface area contributed by atoms with Gasteiger partial charge in [0.25, 0.3) is 0 Å². The van der Waals surface area contributed by atoms with Gasteiger partial charge in [-0.25, -0.2) is 8.78 Å². The Morgan fingerprint density at radius 3 is 2.15 bits per heavy atom. The van der Waals surface area contributed by atoms with E-state index in [1.165, 1.54) is 61.6 Å². The average molecular weight is 364 g/mol. The van der Waals surface area contributed by atoms with Crippen LogP contribution < -0.4 is 0 Å². The molecule has 0 aromatic heterocycles. The van der Waals surface area contributed by atoms with Gasteiger partial charge in [0, 0.05) is 0 Å². The molecule has 0 nitrogen and oxygen atoms in total. The molecule has 2 heteroatoms. The van der Waals surface area contributed by atoms with Gasteiger partial charge in [-0.15, -0.1) is 0 Å². The zero-order valence-corrected chi connectivity index (χ0v) is 15.8. The first-order chi connectivity index (χ1) is 13.1. The summed E-state index contributed by atoms with van der Waals surface area (Å²) < 4.78 is 26.7. The molecule has 4 rings (SSSR count). The minimum Gasteiger partial charge on any atom is -0.204 e. The van der Waals surface area contributed by atoms with E-state index in [4.69, 9.17) is 0 Å². The van der Waals surface area contributed by atoms with Crippen LogP contribution in [0, 0.1) is 17.6 Å². The number of rotatable bonds is 4. The van der Waals surface area contributed by atoms with Crippen LogP contribution in [0.2, 0.25) is 0 Å². The Morgan fingerprint density at radius 2 is 1.41 bits per heavy atom. The van der Waals surface area contributed by atoms with Crippen molar-refractivity contribution < 1.29 is 8.78 Å². The van der Waals surface area contributed by atoms with Crippen LogP contribution in [0.4, 0.5) is 8.78 Å². The van der Waals surface area contributed by atoms with Crippen LogP contribution in [-0.2, 0) is 0 Å². The van der Waals surface area contributed by atoms with Gasteiger partial charge in [-0.05, 0) is 83.2 Å². The minimum atomic E-state index is -0.808. The topological polar surface area (TPSA) is 0 Å². The molecule has 3 aromatic rings. The third-order valence-electron chi connectivity index (χ3n) is 6.13. The Hall–Kier alpha value is -2.22. The molecule has 1 aliphatic carbocycles. The third kappa shape index (κ3) is 3.90. The maximum Gasteiger partial charge on any atom is 0.159 e. The van der Waals surface area contributed by atoms with Gasteiger partial charge in [0.15, 0.2) is 11.6 Å². The highest BCUT2D eigenvalue weighted by Gasteiger charge is 2.21. The van der Waals surface area contributed by atoms with E-state index in [9.17, 15) is 8.78 Å². The molecule has 0 amide bonds. The summed E-state index contributed by atoms with van der Waals surface area (Å²) in [6, 6.07) is 17.0. The Balaban J connectivity index is 1.56. The van der Waals surface area contributed by atoms with E-state index in [-0.39, 0.29) is 0 Å². The number of hydrogen-bond acceptors (Lipinski definition) is 0. The standard InChI is InChI=1S/C25H26F2/c1-2-3-17-4-6-18(7-5-17)19-8-9-21-15-22(11-10-20(21)14-19)23-12-13-24(26)25(27)16-23/h8-18H,2-7H2,1H3. The van der Waals surface area contributed by atoms with Crippen LogP contribution in [-0.4, -0.2) is 0 Å². The second-order valence-corrected chi connectivity index (χ2v) is 7.96. The fourth-order valence-corrected chi connectivity index (χ4v) is 4.57. The first-order valence-corrected chi connectivity index (χ1v) is 10.1. The smallest absolute Gasteiger partial charge is 0.159 e. The van der Waals surface area contributed by atoms with E-state index in [1.807, 2.05) is 6.07 Å². The maximum absolute atomic E-state index is 13.5. The highest BCUT2D eigenvalue weighted by Crippen LogP contribution is 2.38. The van der Waals surface area contributed by atoms with Crippen molar-refractivity contribution in [1.29, 1.82) is 0 Å². The average Bonchev–Trinajstić information content (AvgIpc) is 2.70. The summed E-state index contributed by atoms with van der Waals surface area (Å²) >= 11 is 0. The van der Waals surface area contributed by atoms with Crippen molar-refractivity contribution >= 4 is 10.8 Å². The molecule has 3 aromatic carbocycles. The molecule has 0 radical (unpaired) electrons. The largest absolute Gasteiger partial charge is 0.204 e. The van der Waals surface area contributed by atoms with Crippen LogP contribution in [0.1, 0.15) is 56.9 Å². The summed E-state index contributed by atoms with van der Waals surface area (Å²) in [6.07, 6.45) is 7.96. The van der Waals surface area contributed by atoms with E-state index in [0.717, 1.165) is 16.9 Å². The molecule has 0 spiro atoms. The first kappa shape index (κ1) is 18.2. The SMILES string of the molecule is CCCC1CCC(c2ccc3cc(-c4ccc(F)c(F)c4)ccc3c2)CC1. The molecule has 0 bridgehead atoms. The quantitative estimate of drug-likeness (QED) is 0.442. The van der Waals surface area contributed by atoms with E-state index in [2.05, 4.69) is 37.3 Å². The molecule has 0 unspecified atom stereocenters. The van der Waals surface area contributed by atoms with Gasteiger partial charge in [-0.2, -0.15) is 0 Å². The minimum absolute atomic E-state index is 0.674. The van der Waals surface area contributed by atoms with Crippen molar-refractivity contribution in [3.05, 3.63) is 71.8 Å². The summed E-state index contributed by atoms with van der Waals surface area (Å²) in [5.41, 5.74) is 3.06. The lowest BCUT2D eigenvalue weighted by Gasteiger charge is -2.28. The van der Waals surface area contributed by atoms with Gasteiger partial charge in [0.2, 0.25) is 0 Å². The lowest BCUT2D eigenvalue weighted by molar-refractivity contribution is 0.308. The zero-order valence-electron chi connectivity index (χ0n) is 15.8. The second-order valence-electron chi connectivity index (χ2n) is 7.96. The molecule has 1 aliphatic rings.